The molecule has 1 unspecified atom stereocenters. The molecule has 1 heterocycles. The molecule has 1 fully saturated rings. The van der Waals surface area contributed by atoms with Crippen LogP contribution in [-0.4, -0.2) is 11.9 Å². The second-order valence-corrected chi connectivity index (χ2v) is 6.13. The molecule has 1 atom stereocenters. The maximum atomic E-state index is 12.8. The van der Waals surface area contributed by atoms with Crippen molar-refractivity contribution in [3.05, 3.63) is 29.3 Å². The number of ketones is 1. The summed E-state index contributed by atoms with van der Waals surface area (Å²) in [5.74, 6) is 1.32. The molecular weight excluding hydrogens is 236 g/mol. The maximum Gasteiger partial charge on any atom is 0.169 e. The molecule has 2 aliphatic rings. The molecule has 102 valence electrons. The summed E-state index contributed by atoms with van der Waals surface area (Å²) in [7, 11) is 0. The lowest BCUT2D eigenvalue weighted by atomic mass is 9.76. The van der Waals surface area contributed by atoms with Gasteiger partial charge in [-0.2, -0.15) is 0 Å². The summed E-state index contributed by atoms with van der Waals surface area (Å²) in [5, 5.41) is 0. The summed E-state index contributed by atoms with van der Waals surface area (Å²) in [6.45, 7) is 4.23. The first-order valence-electron chi connectivity index (χ1n) is 7.49. The standard InChI is InChI=1S/C17H22O2/c1-3-17(8-4-5-9-17)16(18)13-6-7-15-14(11-13)10-12(2)19-15/h6-7,11-12H,3-5,8-10H2,1-2H3. The molecule has 2 heteroatoms. The van der Waals surface area contributed by atoms with Gasteiger partial charge in [0.1, 0.15) is 11.9 Å². The monoisotopic (exact) mass is 258 g/mol. The van der Waals surface area contributed by atoms with E-state index < -0.39 is 0 Å². The molecule has 0 N–H and O–H groups in total. The van der Waals surface area contributed by atoms with E-state index in [0.717, 1.165) is 37.0 Å². The van der Waals surface area contributed by atoms with E-state index in [0.29, 0.717) is 5.78 Å². The summed E-state index contributed by atoms with van der Waals surface area (Å²) in [6.07, 6.45) is 6.66. The van der Waals surface area contributed by atoms with Gasteiger partial charge in [0.15, 0.2) is 5.78 Å². The normalized spacial score (nSPS) is 24.0. The Bertz CT molecular complexity index is 498. The summed E-state index contributed by atoms with van der Waals surface area (Å²) in [4.78, 5) is 12.8. The zero-order valence-electron chi connectivity index (χ0n) is 11.9. The third-order valence-electron chi connectivity index (χ3n) is 4.88. The highest BCUT2D eigenvalue weighted by molar-refractivity contribution is 6.01. The van der Waals surface area contributed by atoms with E-state index in [4.69, 9.17) is 4.74 Å². The van der Waals surface area contributed by atoms with E-state index in [1.165, 1.54) is 18.4 Å². The predicted octanol–water partition coefficient (Wildman–Crippen LogP) is 4.16. The molecule has 0 saturated heterocycles. The predicted molar refractivity (Wildman–Crippen MR) is 75.8 cm³/mol. The highest BCUT2D eigenvalue weighted by Gasteiger charge is 2.39. The molecule has 0 bridgehead atoms. The van der Waals surface area contributed by atoms with Crippen molar-refractivity contribution in [1.29, 1.82) is 0 Å². The first-order valence-corrected chi connectivity index (χ1v) is 7.49. The quantitative estimate of drug-likeness (QED) is 0.761. The van der Waals surface area contributed by atoms with Gasteiger partial charge < -0.3 is 4.74 Å². The van der Waals surface area contributed by atoms with Crippen LogP contribution in [0.15, 0.2) is 18.2 Å². The molecule has 0 amide bonds. The summed E-state index contributed by atoms with van der Waals surface area (Å²) >= 11 is 0. The number of benzene rings is 1. The Morgan fingerprint density at radius 3 is 2.79 bits per heavy atom. The number of hydrogen-bond acceptors (Lipinski definition) is 2. The lowest BCUT2D eigenvalue weighted by Gasteiger charge is -2.25. The largest absolute Gasteiger partial charge is 0.490 e. The third-order valence-corrected chi connectivity index (χ3v) is 4.88. The topological polar surface area (TPSA) is 26.3 Å². The Morgan fingerprint density at radius 2 is 2.11 bits per heavy atom. The van der Waals surface area contributed by atoms with Crippen LogP contribution in [0.25, 0.3) is 0 Å². The van der Waals surface area contributed by atoms with Crippen LogP contribution in [0.2, 0.25) is 0 Å². The van der Waals surface area contributed by atoms with E-state index in [1.54, 1.807) is 0 Å². The SMILES string of the molecule is CCC1(C(=O)c2ccc3c(c2)CC(C)O3)CCCC1. The Morgan fingerprint density at radius 1 is 1.37 bits per heavy atom. The minimum atomic E-state index is -0.0840. The minimum absolute atomic E-state index is 0.0840. The van der Waals surface area contributed by atoms with Crippen molar-refractivity contribution in [3.63, 3.8) is 0 Å². The number of rotatable bonds is 3. The lowest BCUT2D eigenvalue weighted by molar-refractivity contribution is 0.0791. The molecular formula is C17H22O2. The van der Waals surface area contributed by atoms with Crippen molar-refractivity contribution in [1.82, 2.24) is 0 Å². The Hall–Kier alpha value is -1.31. The molecule has 3 rings (SSSR count). The first-order chi connectivity index (χ1) is 9.14. The van der Waals surface area contributed by atoms with Crippen molar-refractivity contribution in [3.8, 4) is 5.75 Å². The molecule has 19 heavy (non-hydrogen) atoms. The van der Waals surface area contributed by atoms with Crippen LogP contribution in [0.5, 0.6) is 5.75 Å². The van der Waals surface area contributed by atoms with Gasteiger partial charge in [0, 0.05) is 17.4 Å². The van der Waals surface area contributed by atoms with Crippen molar-refractivity contribution in [2.24, 2.45) is 5.41 Å². The number of carbonyl (C=O) groups excluding carboxylic acids is 1. The van der Waals surface area contributed by atoms with Crippen LogP contribution < -0.4 is 4.74 Å². The van der Waals surface area contributed by atoms with Crippen LogP contribution in [0.1, 0.15) is 61.9 Å². The molecule has 1 aromatic rings. The Kier molecular flexibility index (Phi) is 3.12. The van der Waals surface area contributed by atoms with Crippen LogP contribution in [0.3, 0.4) is 0 Å². The van der Waals surface area contributed by atoms with E-state index in [1.807, 2.05) is 12.1 Å². The number of ether oxygens (including phenoxy) is 1. The maximum absolute atomic E-state index is 12.8. The van der Waals surface area contributed by atoms with E-state index in [2.05, 4.69) is 19.9 Å². The fourth-order valence-corrected chi connectivity index (χ4v) is 3.66. The molecule has 0 aromatic heterocycles. The second kappa shape index (κ2) is 4.66. The van der Waals surface area contributed by atoms with Crippen molar-refractivity contribution in [2.75, 3.05) is 0 Å². The van der Waals surface area contributed by atoms with Crippen molar-refractivity contribution < 1.29 is 9.53 Å². The van der Waals surface area contributed by atoms with E-state index >= 15 is 0 Å². The van der Waals surface area contributed by atoms with E-state index in [-0.39, 0.29) is 11.5 Å². The number of Topliss-reactive ketones (excluding diaryl/α,β-unsaturated/α-hetero) is 1. The fourth-order valence-electron chi connectivity index (χ4n) is 3.66. The zero-order valence-corrected chi connectivity index (χ0v) is 11.9. The summed E-state index contributed by atoms with van der Waals surface area (Å²) < 4.78 is 5.71. The highest BCUT2D eigenvalue weighted by atomic mass is 16.5. The number of hydrogen-bond donors (Lipinski definition) is 0. The molecule has 1 aliphatic heterocycles. The van der Waals surface area contributed by atoms with E-state index in [9.17, 15) is 4.79 Å². The average molecular weight is 258 g/mol. The number of carbonyl (C=O) groups is 1. The van der Waals surface area contributed by atoms with Crippen LogP contribution in [-0.2, 0) is 6.42 Å². The van der Waals surface area contributed by atoms with Gasteiger partial charge in [0.05, 0.1) is 0 Å². The second-order valence-electron chi connectivity index (χ2n) is 6.13. The first kappa shape index (κ1) is 12.7. The molecule has 2 nitrogen and oxygen atoms in total. The Labute approximate surface area is 115 Å². The molecule has 1 aromatic carbocycles. The van der Waals surface area contributed by atoms with Gasteiger partial charge in [-0.3, -0.25) is 4.79 Å². The van der Waals surface area contributed by atoms with Crippen molar-refractivity contribution in [2.45, 2.75) is 58.5 Å². The third kappa shape index (κ3) is 2.07. The van der Waals surface area contributed by atoms with Gasteiger partial charge in [-0.1, -0.05) is 19.8 Å². The van der Waals surface area contributed by atoms with Gasteiger partial charge in [-0.25, -0.2) is 0 Å². The van der Waals surface area contributed by atoms with Crippen LogP contribution >= 0.6 is 0 Å². The van der Waals surface area contributed by atoms with Crippen LogP contribution in [0, 0.1) is 5.41 Å². The van der Waals surface area contributed by atoms with Gasteiger partial charge in [-0.15, -0.1) is 0 Å². The van der Waals surface area contributed by atoms with Gasteiger partial charge >= 0.3 is 0 Å². The Balaban J connectivity index is 1.90. The van der Waals surface area contributed by atoms with Gasteiger partial charge in [0.25, 0.3) is 0 Å². The van der Waals surface area contributed by atoms with Crippen LogP contribution in [0.4, 0.5) is 0 Å². The number of fused-ring (bicyclic) bond motifs is 1. The zero-order chi connectivity index (χ0) is 13.5. The fraction of sp³-hybridized carbons (Fsp3) is 0.588. The highest BCUT2D eigenvalue weighted by Crippen LogP contribution is 2.44. The molecule has 0 spiro atoms. The van der Waals surface area contributed by atoms with Crippen molar-refractivity contribution >= 4 is 5.78 Å². The molecule has 0 radical (unpaired) electrons. The smallest absolute Gasteiger partial charge is 0.169 e. The molecule has 1 aliphatic carbocycles. The lowest BCUT2D eigenvalue weighted by Crippen LogP contribution is -2.27. The van der Waals surface area contributed by atoms with Gasteiger partial charge in [-0.05, 0) is 49.9 Å². The average Bonchev–Trinajstić information content (AvgIpc) is 3.02. The molecule has 1 saturated carbocycles. The summed E-state index contributed by atoms with van der Waals surface area (Å²) in [5.41, 5.74) is 2.00. The van der Waals surface area contributed by atoms with Gasteiger partial charge in [0.2, 0.25) is 0 Å². The summed E-state index contributed by atoms with van der Waals surface area (Å²) in [6, 6.07) is 6.00. The minimum Gasteiger partial charge on any atom is -0.490 e.